The number of allylic oxidation sites excluding steroid dienone is 1. The Balaban J connectivity index is 2.13. The van der Waals surface area contributed by atoms with E-state index in [1.807, 2.05) is 13.3 Å². The van der Waals surface area contributed by atoms with E-state index < -0.39 is 0 Å². The maximum absolute atomic E-state index is 5.08. The zero-order valence-corrected chi connectivity index (χ0v) is 6.47. The topological polar surface area (TPSA) is 21.3 Å². The van der Waals surface area contributed by atoms with Gasteiger partial charge in [0.05, 0.1) is 12.9 Å². The predicted octanol–water partition coefficient (Wildman–Crippen LogP) is 1.15. The van der Waals surface area contributed by atoms with Crippen LogP contribution in [0.1, 0.15) is 12.8 Å². The van der Waals surface area contributed by atoms with Crippen LogP contribution in [-0.2, 0) is 4.74 Å². The Hall–Kier alpha value is -0.500. The van der Waals surface area contributed by atoms with E-state index in [-0.39, 0.29) is 0 Å². The maximum atomic E-state index is 5.08. The van der Waals surface area contributed by atoms with E-state index in [4.69, 9.17) is 4.74 Å². The number of hydrogen-bond acceptors (Lipinski definition) is 2. The lowest BCUT2D eigenvalue weighted by molar-refractivity contribution is 0.205. The van der Waals surface area contributed by atoms with E-state index in [1.54, 1.807) is 0 Å². The molecule has 1 aliphatic rings. The molecule has 0 spiro atoms. The number of ether oxygens (including phenoxy) is 1. The molecule has 0 aromatic rings. The summed E-state index contributed by atoms with van der Waals surface area (Å²) in [6.07, 6.45) is 6.39. The molecule has 1 N–H and O–H groups in total. The minimum atomic E-state index is 0.737. The van der Waals surface area contributed by atoms with Crippen molar-refractivity contribution >= 4 is 0 Å². The number of nitrogens with one attached hydrogen (secondary N) is 1. The van der Waals surface area contributed by atoms with Crippen LogP contribution in [-0.4, -0.2) is 20.2 Å². The molecule has 0 saturated heterocycles. The van der Waals surface area contributed by atoms with Crippen LogP contribution < -0.4 is 5.32 Å². The smallest absolute Gasteiger partial charge is 0.0878 e. The van der Waals surface area contributed by atoms with Gasteiger partial charge in [-0.3, -0.25) is 0 Å². The summed E-state index contributed by atoms with van der Waals surface area (Å²) in [4.78, 5) is 0. The Morgan fingerprint density at radius 3 is 3.20 bits per heavy atom. The lowest BCUT2D eigenvalue weighted by Crippen LogP contribution is -2.14. The van der Waals surface area contributed by atoms with Gasteiger partial charge in [0.2, 0.25) is 0 Å². The van der Waals surface area contributed by atoms with Crippen molar-refractivity contribution < 1.29 is 4.74 Å². The second kappa shape index (κ2) is 4.34. The first-order valence-corrected chi connectivity index (χ1v) is 3.86. The van der Waals surface area contributed by atoms with Crippen molar-refractivity contribution in [1.82, 2.24) is 5.32 Å². The van der Waals surface area contributed by atoms with E-state index >= 15 is 0 Å². The van der Waals surface area contributed by atoms with E-state index in [1.165, 1.54) is 12.8 Å². The summed E-state index contributed by atoms with van der Waals surface area (Å²) >= 11 is 0. The van der Waals surface area contributed by atoms with Crippen molar-refractivity contribution in [3.63, 3.8) is 0 Å². The summed E-state index contributed by atoms with van der Waals surface area (Å²) in [6.45, 7) is 2.00. The molecule has 2 heteroatoms. The van der Waals surface area contributed by atoms with Crippen LogP contribution >= 0.6 is 0 Å². The van der Waals surface area contributed by atoms with Crippen molar-refractivity contribution in [2.45, 2.75) is 12.8 Å². The summed E-state index contributed by atoms with van der Waals surface area (Å²) < 4.78 is 5.08. The third kappa shape index (κ3) is 2.40. The molecule has 1 atom stereocenters. The van der Waals surface area contributed by atoms with Crippen LogP contribution in [0.3, 0.4) is 0 Å². The predicted molar refractivity (Wildman–Crippen MR) is 41.7 cm³/mol. The fourth-order valence-electron chi connectivity index (χ4n) is 1.12. The monoisotopic (exact) mass is 141 g/mol. The lowest BCUT2D eigenvalue weighted by Gasteiger charge is -2.15. The van der Waals surface area contributed by atoms with Crippen molar-refractivity contribution in [2.75, 3.05) is 20.2 Å². The fraction of sp³-hybridized carbons (Fsp3) is 0.750. The Bertz CT molecular complexity index is 112. The summed E-state index contributed by atoms with van der Waals surface area (Å²) in [7, 11) is 1.99. The largest absolute Gasteiger partial charge is 0.501 e. The molecule has 0 fully saturated rings. The van der Waals surface area contributed by atoms with Gasteiger partial charge in [0.25, 0.3) is 0 Å². The zero-order valence-electron chi connectivity index (χ0n) is 6.47. The molecule has 0 saturated carbocycles. The molecule has 0 bridgehead atoms. The van der Waals surface area contributed by atoms with Gasteiger partial charge >= 0.3 is 0 Å². The van der Waals surface area contributed by atoms with Crippen molar-refractivity contribution in [3.05, 3.63) is 12.3 Å². The first kappa shape index (κ1) is 7.61. The SMILES string of the molecule is CNCCC1C=COCC1. The first-order chi connectivity index (χ1) is 4.93. The lowest BCUT2D eigenvalue weighted by atomic mass is 10.0. The Kier molecular flexibility index (Phi) is 3.30. The third-order valence-electron chi connectivity index (χ3n) is 1.82. The Morgan fingerprint density at radius 2 is 2.60 bits per heavy atom. The minimum absolute atomic E-state index is 0.737. The molecular weight excluding hydrogens is 126 g/mol. The fourth-order valence-corrected chi connectivity index (χ4v) is 1.12. The van der Waals surface area contributed by atoms with Gasteiger partial charge in [-0.05, 0) is 38.4 Å². The molecule has 2 nitrogen and oxygen atoms in total. The average molecular weight is 141 g/mol. The van der Waals surface area contributed by atoms with E-state index in [0.29, 0.717) is 0 Å². The van der Waals surface area contributed by atoms with Crippen LogP contribution in [0.2, 0.25) is 0 Å². The molecule has 1 aliphatic heterocycles. The van der Waals surface area contributed by atoms with Crippen LogP contribution in [0.4, 0.5) is 0 Å². The van der Waals surface area contributed by atoms with Gasteiger partial charge in [-0.1, -0.05) is 0 Å². The van der Waals surface area contributed by atoms with E-state index in [2.05, 4.69) is 11.4 Å². The Labute approximate surface area is 62.3 Å². The first-order valence-electron chi connectivity index (χ1n) is 3.86. The van der Waals surface area contributed by atoms with Crippen molar-refractivity contribution in [3.8, 4) is 0 Å². The second-order valence-electron chi connectivity index (χ2n) is 2.64. The molecule has 1 rings (SSSR count). The van der Waals surface area contributed by atoms with Gasteiger partial charge in [0.1, 0.15) is 0 Å². The normalized spacial score (nSPS) is 24.3. The molecule has 1 heterocycles. The molecule has 0 radical (unpaired) electrons. The second-order valence-corrected chi connectivity index (χ2v) is 2.64. The van der Waals surface area contributed by atoms with Gasteiger partial charge in [-0.2, -0.15) is 0 Å². The van der Waals surface area contributed by atoms with Crippen LogP contribution in [0.15, 0.2) is 12.3 Å². The summed E-state index contributed by atoms with van der Waals surface area (Å²) in [5.41, 5.74) is 0. The highest BCUT2D eigenvalue weighted by molar-refractivity contribution is 4.86. The third-order valence-corrected chi connectivity index (χ3v) is 1.82. The molecule has 0 amide bonds. The molecule has 1 unspecified atom stereocenters. The minimum Gasteiger partial charge on any atom is -0.501 e. The molecular formula is C8H15NO. The van der Waals surface area contributed by atoms with E-state index in [0.717, 1.165) is 19.1 Å². The van der Waals surface area contributed by atoms with Gasteiger partial charge in [0.15, 0.2) is 0 Å². The van der Waals surface area contributed by atoms with Gasteiger partial charge in [-0.25, -0.2) is 0 Å². The zero-order chi connectivity index (χ0) is 7.23. The average Bonchev–Trinajstić information content (AvgIpc) is 2.03. The molecule has 0 aromatic carbocycles. The molecule has 0 aromatic heterocycles. The van der Waals surface area contributed by atoms with Crippen LogP contribution in [0.25, 0.3) is 0 Å². The van der Waals surface area contributed by atoms with Gasteiger partial charge < -0.3 is 10.1 Å². The Morgan fingerprint density at radius 1 is 1.70 bits per heavy atom. The maximum Gasteiger partial charge on any atom is 0.0878 e. The van der Waals surface area contributed by atoms with Crippen LogP contribution in [0.5, 0.6) is 0 Å². The highest BCUT2D eigenvalue weighted by atomic mass is 16.5. The summed E-state index contributed by atoms with van der Waals surface area (Å²) in [5, 5.41) is 3.14. The number of hydrogen-bond donors (Lipinski definition) is 1. The highest BCUT2D eigenvalue weighted by Gasteiger charge is 2.06. The summed E-state index contributed by atoms with van der Waals surface area (Å²) in [5.74, 6) is 0.737. The van der Waals surface area contributed by atoms with Crippen LogP contribution in [0, 0.1) is 5.92 Å². The summed E-state index contributed by atoms with van der Waals surface area (Å²) in [6, 6.07) is 0. The van der Waals surface area contributed by atoms with Gasteiger partial charge in [-0.15, -0.1) is 0 Å². The molecule has 58 valence electrons. The quantitative estimate of drug-likeness (QED) is 0.636. The number of rotatable bonds is 3. The van der Waals surface area contributed by atoms with Crippen molar-refractivity contribution in [1.29, 1.82) is 0 Å². The molecule has 0 aliphatic carbocycles. The highest BCUT2D eigenvalue weighted by Crippen LogP contribution is 2.13. The van der Waals surface area contributed by atoms with Gasteiger partial charge in [0, 0.05) is 0 Å². The van der Waals surface area contributed by atoms with Crippen molar-refractivity contribution in [2.24, 2.45) is 5.92 Å². The standard InChI is InChI=1S/C8H15NO/c1-9-5-2-8-3-6-10-7-4-8/h3,6,8-9H,2,4-5,7H2,1H3. The van der Waals surface area contributed by atoms with E-state index in [9.17, 15) is 0 Å². The molecule has 10 heavy (non-hydrogen) atoms.